The molecule has 4 heteroatoms. The zero-order valence-corrected chi connectivity index (χ0v) is 14.1. The summed E-state index contributed by atoms with van der Waals surface area (Å²) in [7, 11) is -3.21. The fraction of sp³-hybridized carbons (Fsp3) is 0.647. The number of hydrogen-bond acceptors (Lipinski definition) is 3. The summed E-state index contributed by atoms with van der Waals surface area (Å²) in [5.74, 6) is 0.659. The molecule has 1 aliphatic rings. The van der Waals surface area contributed by atoms with Gasteiger partial charge < -0.3 is 5.73 Å². The molecule has 0 aromatic heterocycles. The van der Waals surface area contributed by atoms with Crippen molar-refractivity contribution in [2.75, 3.05) is 6.26 Å². The Morgan fingerprint density at radius 1 is 1.10 bits per heavy atom. The highest BCUT2D eigenvalue weighted by Gasteiger charge is 2.37. The van der Waals surface area contributed by atoms with E-state index >= 15 is 0 Å². The van der Waals surface area contributed by atoms with E-state index in [9.17, 15) is 8.42 Å². The van der Waals surface area contributed by atoms with Gasteiger partial charge in [-0.3, -0.25) is 0 Å². The van der Waals surface area contributed by atoms with Crippen molar-refractivity contribution in [2.45, 2.75) is 62.7 Å². The number of hydrogen-bond donors (Lipinski definition) is 1. The lowest BCUT2D eigenvalue weighted by Gasteiger charge is -2.30. The Balaban J connectivity index is 2.18. The quantitative estimate of drug-likeness (QED) is 0.925. The van der Waals surface area contributed by atoms with Gasteiger partial charge in [0.2, 0.25) is 0 Å². The first kappa shape index (κ1) is 16.5. The second-order valence-corrected chi connectivity index (χ2v) is 9.45. The lowest BCUT2D eigenvalue weighted by Crippen LogP contribution is -2.42. The van der Waals surface area contributed by atoms with E-state index in [2.05, 4.69) is 12.1 Å². The van der Waals surface area contributed by atoms with Gasteiger partial charge in [-0.15, -0.1) is 0 Å². The summed E-state index contributed by atoms with van der Waals surface area (Å²) in [6, 6.07) is 7.75. The van der Waals surface area contributed by atoms with Crippen LogP contribution in [0.5, 0.6) is 0 Å². The van der Waals surface area contributed by atoms with E-state index < -0.39 is 20.6 Å². The van der Waals surface area contributed by atoms with Crippen LogP contribution >= 0.6 is 0 Å². The fourth-order valence-electron chi connectivity index (χ4n) is 3.04. The lowest BCUT2D eigenvalue weighted by atomic mass is 9.83. The molecule has 1 fully saturated rings. The predicted molar refractivity (Wildman–Crippen MR) is 88.1 cm³/mol. The van der Waals surface area contributed by atoms with Crippen LogP contribution in [0.4, 0.5) is 0 Å². The van der Waals surface area contributed by atoms with Crippen LogP contribution in [0, 0.1) is 0 Å². The van der Waals surface area contributed by atoms with Crippen molar-refractivity contribution < 1.29 is 8.42 Å². The largest absolute Gasteiger partial charge is 0.323 e. The van der Waals surface area contributed by atoms with E-state index in [4.69, 9.17) is 5.73 Å². The Bertz CT molecular complexity index is 569. The molecule has 1 unspecified atom stereocenters. The molecule has 1 aliphatic carbocycles. The first-order valence-electron chi connectivity index (χ1n) is 7.78. The molecule has 2 rings (SSSR count). The summed E-state index contributed by atoms with van der Waals surface area (Å²) in [4.78, 5) is 0. The highest BCUT2D eigenvalue weighted by atomic mass is 32.2. The van der Waals surface area contributed by atoms with E-state index in [1.165, 1.54) is 43.9 Å². The molecule has 21 heavy (non-hydrogen) atoms. The van der Waals surface area contributed by atoms with Gasteiger partial charge in [0, 0.05) is 12.3 Å². The van der Waals surface area contributed by atoms with E-state index in [-0.39, 0.29) is 0 Å². The standard InChI is InChI=1S/C17H27NO2S/c1-17(2,21(3,19)20)16(18)15-11-9-14(10-12-15)13-7-5-4-6-8-13/h9-13,16H,4-8,18H2,1-3H3. The molecule has 1 aromatic carbocycles. The van der Waals surface area contributed by atoms with Gasteiger partial charge in [0.1, 0.15) is 0 Å². The highest BCUT2D eigenvalue weighted by molar-refractivity contribution is 7.92. The molecule has 0 amide bonds. The molecule has 0 spiro atoms. The van der Waals surface area contributed by atoms with Gasteiger partial charge in [0.05, 0.1) is 4.75 Å². The molecule has 118 valence electrons. The van der Waals surface area contributed by atoms with Crippen LogP contribution in [0.25, 0.3) is 0 Å². The topological polar surface area (TPSA) is 60.2 Å². The van der Waals surface area contributed by atoms with E-state index in [0.29, 0.717) is 5.92 Å². The molecule has 0 aliphatic heterocycles. The third kappa shape index (κ3) is 3.49. The van der Waals surface area contributed by atoms with Crippen molar-refractivity contribution in [3.63, 3.8) is 0 Å². The van der Waals surface area contributed by atoms with Crippen LogP contribution in [0.2, 0.25) is 0 Å². The van der Waals surface area contributed by atoms with Crippen LogP contribution < -0.4 is 5.73 Å². The molecule has 0 heterocycles. The van der Waals surface area contributed by atoms with Crippen LogP contribution in [-0.2, 0) is 9.84 Å². The van der Waals surface area contributed by atoms with Gasteiger partial charge in [0.15, 0.2) is 9.84 Å². The summed E-state index contributed by atoms with van der Waals surface area (Å²) in [5, 5.41) is 0. The average molecular weight is 309 g/mol. The molecule has 2 N–H and O–H groups in total. The first-order valence-corrected chi connectivity index (χ1v) is 9.67. The van der Waals surface area contributed by atoms with Crippen molar-refractivity contribution in [3.8, 4) is 0 Å². The normalized spacial score (nSPS) is 19.4. The predicted octanol–water partition coefficient (Wildman–Crippen LogP) is 3.56. The maximum Gasteiger partial charge on any atom is 0.154 e. The molecule has 1 aromatic rings. The molecule has 0 bridgehead atoms. The lowest BCUT2D eigenvalue weighted by molar-refractivity contribution is 0.443. The SMILES string of the molecule is CC(C)(C(N)c1ccc(C2CCCCC2)cc1)S(C)(=O)=O. The van der Waals surface area contributed by atoms with Gasteiger partial charge >= 0.3 is 0 Å². The monoisotopic (exact) mass is 309 g/mol. The van der Waals surface area contributed by atoms with Gasteiger partial charge in [-0.25, -0.2) is 8.42 Å². The smallest absolute Gasteiger partial charge is 0.154 e. The zero-order chi connectivity index (χ0) is 15.7. The summed E-state index contributed by atoms with van der Waals surface area (Å²) in [6.45, 7) is 3.39. The average Bonchev–Trinajstić information content (AvgIpc) is 2.46. The van der Waals surface area contributed by atoms with Gasteiger partial charge in [-0.05, 0) is 43.7 Å². The molecule has 1 atom stereocenters. The molecule has 0 radical (unpaired) electrons. The summed E-state index contributed by atoms with van der Waals surface area (Å²) in [6.07, 6.45) is 7.76. The minimum absolute atomic E-state index is 0.507. The molecule has 1 saturated carbocycles. The molecular formula is C17H27NO2S. The van der Waals surface area contributed by atoms with Crippen molar-refractivity contribution in [2.24, 2.45) is 5.73 Å². The van der Waals surface area contributed by atoms with Crippen LogP contribution in [0.15, 0.2) is 24.3 Å². The van der Waals surface area contributed by atoms with E-state index in [0.717, 1.165) is 5.56 Å². The Morgan fingerprint density at radius 3 is 2.10 bits per heavy atom. The second-order valence-electron chi connectivity index (χ2n) is 6.85. The zero-order valence-electron chi connectivity index (χ0n) is 13.3. The summed E-state index contributed by atoms with van der Waals surface area (Å²) in [5.41, 5.74) is 8.47. The van der Waals surface area contributed by atoms with E-state index in [1.807, 2.05) is 12.1 Å². The number of nitrogens with two attached hydrogens (primary N) is 1. The van der Waals surface area contributed by atoms with Crippen molar-refractivity contribution in [1.82, 2.24) is 0 Å². The van der Waals surface area contributed by atoms with Crippen LogP contribution in [0.3, 0.4) is 0 Å². The minimum atomic E-state index is -3.21. The Morgan fingerprint density at radius 2 is 1.62 bits per heavy atom. The Hall–Kier alpha value is -0.870. The highest BCUT2D eigenvalue weighted by Crippen LogP contribution is 2.34. The number of benzene rings is 1. The van der Waals surface area contributed by atoms with Gasteiger partial charge in [0.25, 0.3) is 0 Å². The molecule has 3 nitrogen and oxygen atoms in total. The summed E-state index contributed by atoms with van der Waals surface area (Å²) < 4.78 is 22.8. The van der Waals surface area contributed by atoms with Crippen molar-refractivity contribution in [1.29, 1.82) is 0 Å². The van der Waals surface area contributed by atoms with Crippen molar-refractivity contribution in [3.05, 3.63) is 35.4 Å². The second kappa shape index (κ2) is 6.09. The van der Waals surface area contributed by atoms with Gasteiger partial charge in [-0.2, -0.15) is 0 Å². The minimum Gasteiger partial charge on any atom is -0.323 e. The Kier molecular flexibility index (Phi) is 4.79. The molecular weight excluding hydrogens is 282 g/mol. The number of rotatable bonds is 4. The molecule has 0 saturated heterocycles. The third-order valence-corrected chi connectivity index (χ3v) is 7.24. The van der Waals surface area contributed by atoms with Crippen LogP contribution in [0.1, 0.15) is 69.0 Å². The fourth-order valence-corrected chi connectivity index (χ4v) is 3.64. The maximum absolute atomic E-state index is 11.9. The number of sulfone groups is 1. The van der Waals surface area contributed by atoms with Crippen LogP contribution in [-0.4, -0.2) is 19.4 Å². The third-order valence-electron chi connectivity index (χ3n) is 5.08. The van der Waals surface area contributed by atoms with E-state index in [1.54, 1.807) is 13.8 Å². The van der Waals surface area contributed by atoms with Crippen molar-refractivity contribution >= 4 is 9.84 Å². The summed E-state index contributed by atoms with van der Waals surface area (Å²) >= 11 is 0. The Labute approximate surface area is 128 Å². The maximum atomic E-state index is 11.9. The first-order chi connectivity index (χ1) is 9.73. The van der Waals surface area contributed by atoms with Gasteiger partial charge in [-0.1, -0.05) is 43.5 Å².